The number of anilines is 1. The van der Waals surface area contributed by atoms with Crippen LogP contribution in [0.2, 0.25) is 0 Å². The topological polar surface area (TPSA) is 47.9 Å². The van der Waals surface area contributed by atoms with Gasteiger partial charge in [0.05, 0.1) is 17.0 Å². The second kappa shape index (κ2) is 10.6. The maximum Gasteiger partial charge on any atom is 0.257 e. The normalized spacial score (nSPS) is 17.7. The van der Waals surface area contributed by atoms with E-state index >= 15 is 0 Å². The van der Waals surface area contributed by atoms with E-state index in [1.54, 1.807) is 0 Å². The fourth-order valence-electron chi connectivity index (χ4n) is 5.93. The lowest BCUT2D eigenvalue weighted by atomic mass is 9.97. The minimum atomic E-state index is -0.103. The van der Waals surface area contributed by atoms with Gasteiger partial charge in [-0.2, -0.15) is 0 Å². The number of benzene rings is 3. The Morgan fingerprint density at radius 3 is 2.19 bits per heavy atom. The van der Waals surface area contributed by atoms with Gasteiger partial charge < -0.3 is 5.32 Å². The molecule has 3 aliphatic rings. The minimum Gasteiger partial charge on any atom is -0.322 e. The Labute approximate surface area is 220 Å². The van der Waals surface area contributed by atoms with Crippen LogP contribution in [-0.4, -0.2) is 47.6 Å². The fourth-order valence-corrected chi connectivity index (χ4v) is 5.93. The average Bonchev–Trinajstić information content (AvgIpc) is 3.68. The van der Waals surface area contributed by atoms with Crippen molar-refractivity contribution in [3.63, 3.8) is 0 Å². The molecule has 1 amide bonds. The molecule has 0 atom stereocenters. The molecule has 0 radical (unpaired) electrons. The number of hydrogen-bond acceptors (Lipinski definition) is 4. The predicted molar refractivity (Wildman–Crippen MR) is 151 cm³/mol. The summed E-state index contributed by atoms with van der Waals surface area (Å²) in [7, 11) is 0. The molecule has 5 heteroatoms. The Morgan fingerprint density at radius 2 is 1.49 bits per heavy atom. The number of hydrogen-bond donors (Lipinski definition) is 1. The first kappa shape index (κ1) is 24.1. The molecule has 3 aromatic rings. The van der Waals surface area contributed by atoms with Gasteiger partial charge in [0.2, 0.25) is 0 Å². The van der Waals surface area contributed by atoms with Crippen molar-refractivity contribution in [1.82, 2.24) is 9.80 Å². The summed E-state index contributed by atoms with van der Waals surface area (Å²) in [5.41, 5.74) is 9.51. The maximum absolute atomic E-state index is 13.3. The van der Waals surface area contributed by atoms with Crippen molar-refractivity contribution < 1.29 is 4.79 Å². The van der Waals surface area contributed by atoms with Crippen LogP contribution in [0.25, 0.3) is 0 Å². The number of aliphatic imine (C=N–C) groups is 1. The number of fused-ring (bicyclic) bond motifs is 1. The molecule has 6 rings (SSSR count). The van der Waals surface area contributed by atoms with Gasteiger partial charge in [-0.05, 0) is 111 Å². The largest absolute Gasteiger partial charge is 0.322 e. The third kappa shape index (κ3) is 5.39. The van der Waals surface area contributed by atoms with Gasteiger partial charge in [0.1, 0.15) is 0 Å². The molecule has 2 fully saturated rings. The van der Waals surface area contributed by atoms with Gasteiger partial charge in [-0.1, -0.05) is 36.4 Å². The highest BCUT2D eigenvalue weighted by Gasteiger charge is 2.23. The maximum atomic E-state index is 13.3. The molecule has 0 spiro atoms. The van der Waals surface area contributed by atoms with Gasteiger partial charge >= 0.3 is 0 Å². The molecular weight excluding hydrogens is 456 g/mol. The van der Waals surface area contributed by atoms with Crippen LogP contribution in [-0.2, 0) is 19.5 Å². The molecule has 3 heterocycles. The van der Waals surface area contributed by atoms with Crippen molar-refractivity contribution in [3.05, 3.63) is 94.0 Å². The molecule has 0 aliphatic carbocycles. The quantitative estimate of drug-likeness (QED) is 0.433. The number of para-hydroxylation sites is 1. The van der Waals surface area contributed by atoms with Crippen molar-refractivity contribution >= 4 is 23.0 Å². The number of carbonyl (C=O) groups is 1. The van der Waals surface area contributed by atoms with E-state index in [-0.39, 0.29) is 5.91 Å². The second-order valence-corrected chi connectivity index (χ2v) is 10.8. The lowest BCUT2D eigenvalue weighted by Gasteiger charge is -2.16. The van der Waals surface area contributed by atoms with Crippen LogP contribution in [0.3, 0.4) is 0 Å². The number of nitrogens with zero attached hydrogens (tertiary/aromatic N) is 3. The van der Waals surface area contributed by atoms with Crippen molar-refractivity contribution in [1.29, 1.82) is 0 Å². The summed E-state index contributed by atoms with van der Waals surface area (Å²) in [6, 6.07) is 21.0. The van der Waals surface area contributed by atoms with Crippen LogP contribution in [0.1, 0.15) is 63.9 Å². The Bertz CT molecular complexity index is 1320. The first-order chi connectivity index (χ1) is 18.1. The zero-order valence-corrected chi connectivity index (χ0v) is 21.8. The third-order valence-corrected chi connectivity index (χ3v) is 8.00. The Hall–Kier alpha value is -3.28. The highest BCUT2D eigenvalue weighted by atomic mass is 16.1. The monoisotopic (exact) mass is 492 g/mol. The summed E-state index contributed by atoms with van der Waals surface area (Å²) in [5.74, 6) is -0.103. The Balaban J connectivity index is 1.18. The zero-order chi connectivity index (χ0) is 25.2. The highest BCUT2D eigenvalue weighted by Crippen LogP contribution is 2.34. The molecule has 3 aliphatic heterocycles. The predicted octanol–water partition coefficient (Wildman–Crippen LogP) is 6.12. The molecule has 3 aromatic carbocycles. The summed E-state index contributed by atoms with van der Waals surface area (Å²) in [6.45, 7) is 8.88. The van der Waals surface area contributed by atoms with E-state index in [9.17, 15) is 4.79 Å². The van der Waals surface area contributed by atoms with Crippen LogP contribution in [0.5, 0.6) is 0 Å². The van der Waals surface area contributed by atoms with E-state index < -0.39 is 0 Å². The minimum absolute atomic E-state index is 0.103. The number of amides is 1. The van der Waals surface area contributed by atoms with E-state index in [4.69, 9.17) is 4.99 Å². The number of rotatable bonds is 7. The lowest BCUT2D eigenvalue weighted by molar-refractivity contribution is 0.102. The SMILES string of the molecule is Cc1ccc(CN2CCCC2)cc1C1=Nc2c(cccc2C(=O)Nc2ccc(CN3CCCC3)cc2)C1. The van der Waals surface area contributed by atoms with E-state index in [0.29, 0.717) is 5.56 Å². The molecule has 5 nitrogen and oxygen atoms in total. The third-order valence-electron chi connectivity index (χ3n) is 8.00. The number of aryl methyl sites for hydroxylation is 1. The summed E-state index contributed by atoms with van der Waals surface area (Å²) in [5, 5.41) is 3.10. The van der Waals surface area contributed by atoms with Gasteiger partial charge in [0.15, 0.2) is 0 Å². The van der Waals surface area contributed by atoms with E-state index in [2.05, 4.69) is 58.4 Å². The lowest BCUT2D eigenvalue weighted by Crippen LogP contribution is -2.18. The number of nitrogens with one attached hydrogen (secondary N) is 1. The summed E-state index contributed by atoms with van der Waals surface area (Å²) in [6.07, 6.45) is 5.95. The van der Waals surface area contributed by atoms with Crippen LogP contribution < -0.4 is 5.32 Å². The first-order valence-electron chi connectivity index (χ1n) is 13.8. The van der Waals surface area contributed by atoms with E-state index in [1.165, 1.54) is 74.1 Å². The van der Waals surface area contributed by atoms with Gasteiger partial charge in [0.25, 0.3) is 5.91 Å². The Kier molecular flexibility index (Phi) is 6.90. The molecule has 1 N–H and O–H groups in total. The van der Waals surface area contributed by atoms with E-state index in [1.807, 2.05) is 24.3 Å². The molecule has 2 saturated heterocycles. The molecular formula is C32H36N4O. The molecule has 0 bridgehead atoms. The van der Waals surface area contributed by atoms with Gasteiger partial charge in [-0.3, -0.25) is 19.6 Å². The zero-order valence-electron chi connectivity index (χ0n) is 21.8. The molecule has 190 valence electrons. The van der Waals surface area contributed by atoms with Crippen molar-refractivity contribution in [2.24, 2.45) is 4.99 Å². The highest BCUT2D eigenvalue weighted by molar-refractivity contribution is 6.13. The van der Waals surface area contributed by atoms with Gasteiger partial charge in [0, 0.05) is 25.2 Å². The number of carbonyl (C=O) groups excluding carboxylic acids is 1. The van der Waals surface area contributed by atoms with Gasteiger partial charge in [-0.25, -0.2) is 0 Å². The smallest absolute Gasteiger partial charge is 0.257 e. The van der Waals surface area contributed by atoms with Crippen LogP contribution in [0, 0.1) is 6.92 Å². The number of likely N-dealkylation sites (tertiary alicyclic amines) is 2. The first-order valence-corrected chi connectivity index (χ1v) is 13.8. The second-order valence-electron chi connectivity index (χ2n) is 10.8. The van der Waals surface area contributed by atoms with Crippen LogP contribution in [0.4, 0.5) is 11.4 Å². The van der Waals surface area contributed by atoms with Crippen molar-refractivity contribution in [3.8, 4) is 0 Å². The molecule has 0 saturated carbocycles. The summed E-state index contributed by atoms with van der Waals surface area (Å²) < 4.78 is 0. The van der Waals surface area contributed by atoms with Gasteiger partial charge in [-0.15, -0.1) is 0 Å². The van der Waals surface area contributed by atoms with Crippen molar-refractivity contribution in [2.75, 3.05) is 31.5 Å². The molecule has 0 unspecified atom stereocenters. The van der Waals surface area contributed by atoms with E-state index in [0.717, 1.165) is 42.2 Å². The average molecular weight is 493 g/mol. The Morgan fingerprint density at radius 1 is 0.838 bits per heavy atom. The summed E-state index contributed by atoms with van der Waals surface area (Å²) in [4.78, 5) is 23.3. The fraction of sp³-hybridized carbons (Fsp3) is 0.375. The summed E-state index contributed by atoms with van der Waals surface area (Å²) >= 11 is 0. The molecule has 37 heavy (non-hydrogen) atoms. The van der Waals surface area contributed by atoms with Crippen LogP contribution >= 0.6 is 0 Å². The molecule has 0 aromatic heterocycles. The van der Waals surface area contributed by atoms with Crippen LogP contribution in [0.15, 0.2) is 65.7 Å². The standard InChI is InChI=1S/C32H36N4O/c1-23-9-10-25(22-36-17-4-5-18-36)19-29(23)30-20-26-7-6-8-28(31(26)34-30)32(37)33-27-13-11-24(12-14-27)21-35-15-2-3-16-35/h6-14,19H,2-5,15-18,20-22H2,1H3,(H,33,37). The van der Waals surface area contributed by atoms with Crippen molar-refractivity contribution in [2.45, 2.75) is 52.1 Å².